The summed E-state index contributed by atoms with van der Waals surface area (Å²) in [6.45, 7) is 3.27. The zero-order valence-electron chi connectivity index (χ0n) is 13.3. The minimum atomic E-state index is -0.127. The fourth-order valence-corrected chi connectivity index (χ4v) is 3.11. The topological polar surface area (TPSA) is 97.8 Å². The normalized spacial score (nSPS) is 14.8. The number of amides is 1. The van der Waals surface area contributed by atoms with Crippen LogP contribution in [0.5, 0.6) is 0 Å². The summed E-state index contributed by atoms with van der Waals surface area (Å²) in [7, 11) is 0. The molecule has 25 heavy (non-hydrogen) atoms. The van der Waals surface area contributed by atoms with Gasteiger partial charge in [0.25, 0.3) is 5.22 Å². The summed E-state index contributed by atoms with van der Waals surface area (Å²) in [5.74, 6) is 0.377. The molecule has 2 aromatic heterocycles. The van der Waals surface area contributed by atoms with Crippen LogP contribution >= 0.6 is 11.8 Å². The Bertz CT molecular complexity index is 827. The maximum absolute atomic E-state index is 12.1. The van der Waals surface area contributed by atoms with Gasteiger partial charge in [-0.1, -0.05) is 16.9 Å². The van der Waals surface area contributed by atoms with Crippen LogP contribution in [0.3, 0.4) is 0 Å². The van der Waals surface area contributed by atoms with E-state index in [4.69, 9.17) is 9.15 Å². The Morgan fingerprint density at radius 3 is 2.80 bits per heavy atom. The number of hydrogen-bond acceptors (Lipinski definition) is 8. The quantitative estimate of drug-likeness (QED) is 0.680. The highest BCUT2D eigenvalue weighted by molar-refractivity contribution is 7.99. The average Bonchev–Trinajstić information content (AvgIpc) is 3.23. The number of morpholine rings is 1. The summed E-state index contributed by atoms with van der Waals surface area (Å²) >= 11 is 1.20. The second-order valence-electron chi connectivity index (χ2n) is 5.41. The third-order valence-corrected chi connectivity index (χ3v) is 4.54. The van der Waals surface area contributed by atoms with Crippen molar-refractivity contribution in [2.75, 3.05) is 42.3 Å². The van der Waals surface area contributed by atoms with Crippen molar-refractivity contribution in [3.8, 4) is 0 Å². The Hall–Kier alpha value is -2.59. The average molecular weight is 360 g/mol. The molecule has 0 radical (unpaired) electrons. The van der Waals surface area contributed by atoms with E-state index in [9.17, 15) is 4.79 Å². The van der Waals surface area contributed by atoms with Crippen molar-refractivity contribution in [2.45, 2.75) is 5.22 Å². The van der Waals surface area contributed by atoms with Crippen molar-refractivity contribution in [1.82, 2.24) is 19.8 Å². The van der Waals surface area contributed by atoms with E-state index in [1.54, 1.807) is 0 Å². The van der Waals surface area contributed by atoms with Crippen LogP contribution in [-0.2, 0) is 9.53 Å². The van der Waals surface area contributed by atoms with Crippen molar-refractivity contribution in [3.05, 3.63) is 30.6 Å². The first kappa shape index (κ1) is 15.9. The van der Waals surface area contributed by atoms with E-state index in [0.717, 1.165) is 37.7 Å². The first-order chi connectivity index (χ1) is 12.3. The third-order valence-electron chi connectivity index (χ3n) is 3.72. The summed E-state index contributed by atoms with van der Waals surface area (Å²) in [4.78, 5) is 14.3. The van der Waals surface area contributed by atoms with E-state index in [1.807, 2.05) is 24.3 Å². The summed E-state index contributed by atoms with van der Waals surface area (Å²) in [6, 6.07) is 7.81. The predicted molar refractivity (Wildman–Crippen MR) is 91.9 cm³/mol. The number of ether oxygens (including phenoxy) is 1. The van der Waals surface area contributed by atoms with Gasteiger partial charge in [0.05, 0.1) is 19.0 Å². The second kappa shape index (κ2) is 7.11. The number of anilines is 2. The molecule has 1 aliphatic rings. The smallest absolute Gasteiger partial charge is 0.345 e. The van der Waals surface area contributed by atoms with Crippen molar-refractivity contribution < 1.29 is 13.9 Å². The molecule has 1 amide bonds. The summed E-state index contributed by atoms with van der Waals surface area (Å²) in [6.07, 6.45) is 1.44. The van der Waals surface area contributed by atoms with Gasteiger partial charge in [0, 0.05) is 24.5 Å². The van der Waals surface area contributed by atoms with E-state index in [1.165, 1.54) is 22.6 Å². The number of aromatic nitrogens is 4. The van der Waals surface area contributed by atoms with Gasteiger partial charge >= 0.3 is 5.84 Å². The number of rotatable bonds is 5. The van der Waals surface area contributed by atoms with Crippen LogP contribution in [0.25, 0.3) is 5.84 Å². The van der Waals surface area contributed by atoms with Gasteiger partial charge in [-0.15, -0.1) is 10.2 Å². The Labute approximate surface area is 147 Å². The van der Waals surface area contributed by atoms with Crippen molar-refractivity contribution in [2.24, 2.45) is 0 Å². The highest BCUT2D eigenvalue weighted by Gasteiger charge is 2.12. The number of thioether (sulfide) groups is 1. The van der Waals surface area contributed by atoms with Crippen molar-refractivity contribution >= 4 is 34.9 Å². The van der Waals surface area contributed by atoms with Crippen LogP contribution in [0.15, 0.2) is 40.2 Å². The second-order valence-corrected chi connectivity index (χ2v) is 6.34. The van der Waals surface area contributed by atoms with E-state index < -0.39 is 0 Å². The van der Waals surface area contributed by atoms with Crippen LogP contribution in [0, 0.1) is 0 Å². The van der Waals surface area contributed by atoms with Gasteiger partial charge in [-0.05, 0) is 24.3 Å². The zero-order valence-corrected chi connectivity index (χ0v) is 14.1. The molecule has 4 rings (SSSR count). The van der Waals surface area contributed by atoms with Crippen LogP contribution in [0.4, 0.5) is 11.4 Å². The minimum Gasteiger partial charge on any atom is -0.396 e. The lowest BCUT2D eigenvalue weighted by Crippen LogP contribution is -2.36. The molecular formula is C15H16N6O3S. The molecule has 3 aromatic rings. The molecule has 0 bridgehead atoms. The maximum Gasteiger partial charge on any atom is 0.345 e. The molecule has 0 spiro atoms. The first-order valence-corrected chi connectivity index (χ1v) is 8.79. The van der Waals surface area contributed by atoms with Crippen LogP contribution < -0.4 is 10.2 Å². The number of nitrogens with one attached hydrogen (secondary N) is 1. The van der Waals surface area contributed by atoms with Crippen molar-refractivity contribution in [3.63, 3.8) is 0 Å². The molecule has 0 aliphatic carbocycles. The summed E-state index contributed by atoms with van der Waals surface area (Å²) in [5.41, 5.74) is 1.89. The monoisotopic (exact) mass is 360 g/mol. The van der Waals surface area contributed by atoms with Crippen molar-refractivity contribution in [1.29, 1.82) is 0 Å². The van der Waals surface area contributed by atoms with E-state index in [2.05, 4.69) is 25.5 Å². The zero-order chi connectivity index (χ0) is 17.1. The van der Waals surface area contributed by atoms with E-state index in [0.29, 0.717) is 11.1 Å². The van der Waals surface area contributed by atoms with Gasteiger partial charge in [0.15, 0.2) is 0 Å². The van der Waals surface area contributed by atoms with E-state index in [-0.39, 0.29) is 11.7 Å². The molecule has 0 atom stereocenters. The number of carbonyl (C=O) groups is 1. The lowest BCUT2D eigenvalue weighted by Gasteiger charge is -2.28. The highest BCUT2D eigenvalue weighted by atomic mass is 32.2. The lowest BCUT2D eigenvalue weighted by atomic mass is 10.2. The van der Waals surface area contributed by atoms with E-state index >= 15 is 0 Å². The number of hydrogen-bond donors (Lipinski definition) is 1. The maximum atomic E-state index is 12.1. The standard InChI is InChI=1S/C15H16N6O3S/c22-13(9-25-15-19-21-10-16-18-14(21)24-15)17-11-1-3-12(4-2-11)20-5-7-23-8-6-20/h1-4,10H,5-9H2,(H,17,22). The molecule has 3 heterocycles. The molecule has 1 aliphatic heterocycles. The number of nitrogens with zero attached hydrogens (tertiary/aromatic N) is 5. The minimum absolute atomic E-state index is 0.127. The van der Waals surface area contributed by atoms with Gasteiger partial charge in [0.1, 0.15) is 6.33 Å². The molecule has 1 N–H and O–H groups in total. The fraction of sp³-hybridized carbons (Fsp3) is 0.333. The molecule has 9 nitrogen and oxygen atoms in total. The summed E-state index contributed by atoms with van der Waals surface area (Å²) < 4.78 is 12.1. The van der Waals surface area contributed by atoms with Gasteiger partial charge < -0.3 is 19.4 Å². The molecular weight excluding hydrogens is 344 g/mol. The summed E-state index contributed by atoms with van der Waals surface area (Å²) in [5, 5.41) is 14.7. The van der Waals surface area contributed by atoms with Gasteiger partial charge in [0.2, 0.25) is 5.91 Å². The largest absolute Gasteiger partial charge is 0.396 e. The Morgan fingerprint density at radius 2 is 2.04 bits per heavy atom. The molecule has 1 aromatic carbocycles. The number of carbonyl (C=O) groups excluding carboxylic acids is 1. The Kier molecular flexibility index (Phi) is 4.53. The molecule has 0 unspecified atom stereocenters. The van der Waals surface area contributed by atoms with Crippen LogP contribution in [0.1, 0.15) is 0 Å². The first-order valence-electron chi connectivity index (χ1n) is 7.80. The predicted octanol–water partition coefficient (Wildman–Crippen LogP) is 1.28. The number of benzene rings is 1. The Balaban J connectivity index is 1.30. The molecule has 130 valence electrons. The highest BCUT2D eigenvalue weighted by Crippen LogP contribution is 2.20. The fourth-order valence-electron chi connectivity index (χ4n) is 2.50. The van der Waals surface area contributed by atoms with Gasteiger partial charge in [-0.25, -0.2) is 0 Å². The third kappa shape index (κ3) is 3.74. The lowest BCUT2D eigenvalue weighted by molar-refractivity contribution is -0.113. The molecule has 1 fully saturated rings. The molecule has 10 heteroatoms. The van der Waals surface area contributed by atoms with Gasteiger partial charge in [-0.3, -0.25) is 4.79 Å². The van der Waals surface area contributed by atoms with Crippen LogP contribution in [0.2, 0.25) is 0 Å². The van der Waals surface area contributed by atoms with Crippen LogP contribution in [-0.4, -0.2) is 57.8 Å². The van der Waals surface area contributed by atoms with Gasteiger partial charge in [-0.2, -0.15) is 4.52 Å². The Morgan fingerprint density at radius 1 is 1.24 bits per heavy atom. The number of fused-ring (bicyclic) bond motifs is 1. The SMILES string of the molecule is O=C(CSc1nn2cnnc2o1)Nc1ccc(N2CCOCC2)cc1. The molecule has 0 saturated carbocycles. The molecule has 1 saturated heterocycles.